The van der Waals surface area contributed by atoms with Crippen molar-refractivity contribution >= 4 is 24.1 Å². The Morgan fingerprint density at radius 1 is 1.03 bits per heavy atom. The molecular weight excluding hydrogens is 478 g/mol. The lowest BCUT2D eigenvalue weighted by Crippen LogP contribution is -2.19. The maximum Gasteiger partial charge on any atom is 0.343 e. The molecule has 0 fully saturated rings. The number of hydrogen-bond acceptors (Lipinski definition) is 9. The van der Waals surface area contributed by atoms with Crippen molar-refractivity contribution < 1.29 is 23.9 Å². The van der Waals surface area contributed by atoms with Crippen LogP contribution in [0.2, 0.25) is 0 Å². The molecule has 2 aromatic carbocycles. The Balaban J connectivity index is 1.52. The summed E-state index contributed by atoms with van der Waals surface area (Å²) in [6, 6.07) is 15.6. The molecule has 188 valence electrons. The van der Waals surface area contributed by atoms with Crippen molar-refractivity contribution in [1.82, 2.24) is 30.6 Å². The summed E-state index contributed by atoms with van der Waals surface area (Å²) in [6.45, 7) is 4.46. The minimum absolute atomic E-state index is 0.205. The van der Waals surface area contributed by atoms with E-state index in [1.807, 2.05) is 42.7 Å². The number of esters is 2. The highest BCUT2D eigenvalue weighted by atomic mass is 16.7. The molecule has 4 rings (SSSR count). The Morgan fingerprint density at radius 2 is 1.76 bits per heavy atom. The van der Waals surface area contributed by atoms with Crippen LogP contribution in [-0.2, 0) is 14.3 Å². The monoisotopic (exact) mass is 501 g/mol. The van der Waals surface area contributed by atoms with Gasteiger partial charge >= 0.3 is 11.9 Å². The topological polar surface area (TPSA) is 153 Å². The standard InChI is InChI=1S/C25H23N7O5/c1-15-4-5-16(2)32(15)22-12-20(10-11-21(22)25(35)37-14-36-17(3)33)24(34)29-26-13-18-6-8-19(9-7-18)23-27-30-31-28-23/h4-13H,14H2,1-3H3,(H,29,34)(H,27,28,30,31)/b26-13+. The molecule has 0 saturated heterocycles. The predicted molar refractivity (Wildman–Crippen MR) is 132 cm³/mol. The van der Waals surface area contributed by atoms with Gasteiger partial charge in [-0.25, -0.2) is 15.3 Å². The van der Waals surface area contributed by atoms with Crippen molar-refractivity contribution in [3.05, 3.63) is 82.7 Å². The third-order valence-electron chi connectivity index (χ3n) is 5.35. The van der Waals surface area contributed by atoms with E-state index in [0.717, 1.165) is 22.5 Å². The molecule has 0 aliphatic carbocycles. The number of aromatic nitrogens is 5. The van der Waals surface area contributed by atoms with Crippen molar-refractivity contribution in [2.45, 2.75) is 20.8 Å². The Labute approximate surface area is 211 Å². The molecule has 0 bridgehead atoms. The molecule has 2 aromatic heterocycles. The van der Waals surface area contributed by atoms with Gasteiger partial charge in [0.2, 0.25) is 6.79 Å². The SMILES string of the molecule is CC(=O)OCOC(=O)c1ccc(C(=O)N/N=C/c2ccc(-c3nnn[nH]3)cc2)cc1-n1c(C)ccc1C. The number of hydrogen-bond donors (Lipinski definition) is 2. The summed E-state index contributed by atoms with van der Waals surface area (Å²) in [6.07, 6.45) is 1.50. The second-order valence-electron chi connectivity index (χ2n) is 7.94. The van der Waals surface area contributed by atoms with E-state index >= 15 is 0 Å². The van der Waals surface area contributed by atoms with E-state index < -0.39 is 24.6 Å². The normalized spacial score (nSPS) is 10.9. The van der Waals surface area contributed by atoms with E-state index in [9.17, 15) is 14.4 Å². The molecular formula is C25H23N7O5. The number of carbonyl (C=O) groups is 3. The second-order valence-corrected chi connectivity index (χ2v) is 7.94. The van der Waals surface area contributed by atoms with E-state index in [2.05, 4.69) is 31.2 Å². The number of amides is 1. The maximum atomic E-state index is 12.8. The first kappa shape index (κ1) is 25.0. The first-order chi connectivity index (χ1) is 17.8. The molecule has 0 saturated carbocycles. The molecule has 0 atom stereocenters. The number of aromatic amines is 1. The lowest BCUT2D eigenvalue weighted by atomic mass is 10.1. The summed E-state index contributed by atoms with van der Waals surface area (Å²) in [5.41, 5.74) is 6.69. The Kier molecular flexibility index (Phi) is 7.48. The number of tetrazole rings is 1. The molecule has 12 nitrogen and oxygen atoms in total. The van der Waals surface area contributed by atoms with Crippen LogP contribution in [0, 0.1) is 13.8 Å². The Morgan fingerprint density at radius 3 is 2.41 bits per heavy atom. The fraction of sp³-hybridized carbons (Fsp3) is 0.160. The lowest BCUT2D eigenvalue weighted by molar-refractivity contribution is -0.149. The number of rotatable bonds is 8. The van der Waals surface area contributed by atoms with Gasteiger partial charge in [0.25, 0.3) is 5.91 Å². The Hall–Kier alpha value is -5.13. The number of H-pyrrole nitrogens is 1. The third-order valence-corrected chi connectivity index (χ3v) is 5.35. The molecule has 0 aliphatic heterocycles. The molecule has 4 aromatic rings. The smallest absolute Gasteiger partial charge is 0.343 e. The third kappa shape index (κ3) is 5.93. The van der Waals surface area contributed by atoms with Crippen LogP contribution in [0.25, 0.3) is 17.1 Å². The molecule has 2 heterocycles. The average molecular weight is 502 g/mol. The molecule has 0 unspecified atom stereocenters. The van der Waals surface area contributed by atoms with E-state index in [1.165, 1.54) is 25.3 Å². The maximum absolute atomic E-state index is 12.8. The van der Waals surface area contributed by atoms with E-state index in [1.54, 1.807) is 18.2 Å². The van der Waals surface area contributed by atoms with Crippen LogP contribution in [-0.4, -0.2) is 56.0 Å². The van der Waals surface area contributed by atoms with Crippen LogP contribution in [0.5, 0.6) is 0 Å². The van der Waals surface area contributed by atoms with E-state index in [0.29, 0.717) is 11.5 Å². The van der Waals surface area contributed by atoms with Crippen LogP contribution in [0.4, 0.5) is 0 Å². The number of nitrogens with zero attached hydrogens (tertiary/aromatic N) is 5. The van der Waals surface area contributed by atoms with Gasteiger partial charge in [-0.05, 0) is 60.2 Å². The number of benzene rings is 2. The van der Waals surface area contributed by atoms with Gasteiger partial charge in [0.15, 0.2) is 5.82 Å². The first-order valence-corrected chi connectivity index (χ1v) is 11.1. The first-order valence-electron chi connectivity index (χ1n) is 11.1. The van der Waals surface area contributed by atoms with Gasteiger partial charge in [-0.1, -0.05) is 24.3 Å². The quantitative estimate of drug-likeness (QED) is 0.162. The molecule has 0 spiro atoms. The number of aryl methyl sites for hydroxylation is 2. The number of carbonyl (C=O) groups excluding carboxylic acids is 3. The van der Waals surface area contributed by atoms with Crippen LogP contribution >= 0.6 is 0 Å². The molecule has 37 heavy (non-hydrogen) atoms. The van der Waals surface area contributed by atoms with Crippen molar-refractivity contribution in [3.8, 4) is 17.1 Å². The molecule has 12 heteroatoms. The fourth-order valence-corrected chi connectivity index (χ4v) is 3.56. The van der Waals surface area contributed by atoms with Crippen LogP contribution in [0.1, 0.15) is 44.6 Å². The minimum atomic E-state index is -0.696. The van der Waals surface area contributed by atoms with Gasteiger partial charge in [0.05, 0.1) is 17.5 Å². The van der Waals surface area contributed by atoms with Crippen molar-refractivity contribution in [1.29, 1.82) is 0 Å². The summed E-state index contributed by atoms with van der Waals surface area (Å²) in [4.78, 5) is 36.5. The number of nitrogens with one attached hydrogen (secondary N) is 2. The van der Waals surface area contributed by atoms with Crippen LogP contribution < -0.4 is 5.43 Å². The second kappa shape index (κ2) is 11.1. The summed E-state index contributed by atoms with van der Waals surface area (Å²) in [5, 5.41) is 17.7. The highest BCUT2D eigenvalue weighted by Gasteiger charge is 2.19. The van der Waals surface area contributed by atoms with E-state index in [4.69, 9.17) is 9.47 Å². The minimum Gasteiger partial charge on any atom is -0.428 e. The number of ether oxygens (including phenoxy) is 2. The van der Waals surface area contributed by atoms with Gasteiger partial charge < -0.3 is 14.0 Å². The van der Waals surface area contributed by atoms with Crippen molar-refractivity contribution in [2.75, 3.05) is 6.79 Å². The highest BCUT2D eigenvalue weighted by molar-refractivity contribution is 5.99. The van der Waals surface area contributed by atoms with Gasteiger partial charge in [-0.2, -0.15) is 5.10 Å². The van der Waals surface area contributed by atoms with Crippen molar-refractivity contribution in [2.24, 2.45) is 5.10 Å². The lowest BCUT2D eigenvalue weighted by Gasteiger charge is -2.15. The fourth-order valence-electron chi connectivity index (χ4n) is 3.56. The highest BCUT2D eigenvalue weighted by Crippen LogP contribution is 2.23. The van der Waals surface area contributed by atoms with Crippen LogP contribution in [0.15, 0.2) is 59.7 Å². The molecule has 0 aliphatic rings. The summed E-state index contributed by atoms with van der Waals surface area (Å²) in [5.74, 6) is -1.19. The Bertz CT molecular complexity index is 1440. The largest absolute Gasteiger partial charge is 0.428 e. The van der Waals surface area contributed by atoms with E-state index in [-0.39, 0.29) is 11.1 Å². The summed E-state index contributed by atoms with van der Waals surface area (Å²) >= 11 is 0. The summed E-state index contributed by atoms with van der Waals surface area (Å²) < 4.78 is 11.6. The zero-order chi connectivity index (χ0) is 26.4. The van der Waals surface area contributed by atoms with Gasteiger partial charge in [-0.15, -0.1) is 5.10 Å². The van der Waals surface area contributed by atoms with Gasteiger partial charge in [0, 0.05) is 29.4 Å². The summed E-state index contributed by atoms with van der Waals surface area (Å²) in [7, 11) is 0. The average Bonchev–Trinajstić information content (AvgIpc) is 3.53. The molecule has 0 radical (unpaired) electrons. The molecule has 2 N–H and O–H groups in total. The van der Waals surface area contributed by atoms with Gasteiger partial charge in [-0.3, -0.25) is 9.59 Å². The number of hydrazone groups is 1. The van der Waals surface area contributed by atoms with Crippen molar-refractivity contribution in [3.63, 3.8) is 0 Å². The van der Waals surface area contributed by atoms with Crippen LogP contribution in [0.3, 0.4) is 0 Å². The zero-order valence-corrected chi connectivity index (χ0v) is 20.3. The molecule has 1 amide bonds. The predicted octanol–water partition coefficient (Wildman–Crippen LogP) is 2.72. The van der Waals surface area contributed by atoms with Gasteiger partial charge in [0.1, 0.15) is 0 Å². The zero-order valence-electron chi connectivity index (χ0n) is 20.3.